The molecule has 0 radical (unpaired) electrons. The number of carbonyl (C=O) groups excluding carboxylic acids is 1. The topological polar surface area (TPSA) is 23.6 Å². The molecule has 0 atom stereocenters. The van der Waals surface area contributed by atoms with Gasteiger partial charge in [-0.25, -0.2) is 0 Å². The van der Waals surface area contributed by atoms with Crippen LogP contribution in [0.15, 0.2) is 24.3 Å². The molecule has 1 fully saturated rings. The van der Waals surface area contributed by atoms with Crippen molar-refractivity contribution in [3.05, 3.63) is 29.3 Å². The van der Waals surface area contributed by atoms with E-state index in [-0.39, 0.29) is 0 Å². The molecule has 1 aliphatic heterocycles. The first kappa shape index (κ1) is 12.4. The van der Waals surface area contributed by atoms with Crippen LogP contribution in [0.25, 0.3) is 0 Å². The minimum absolute atomic E-state index is 0.640. The third-order valence-electron chi connectivity index (χ3n) is 3.13. The van der Waals surface area contributed by atoms with Crippen molar-refractivity contribution in [3.63, 3.8) is 0 Å². The second-order valence-corrected chi connectivity index (χ2v) is 4.70. The Balaban J connectivity index is 1.86. The maximum absolute atomic E-state index is 10.3. The van der Waals surface area contributed by atoms with Gasteiger partial charge in [0, 0.05) is 49.9 Å². The maximum Gasteiger partial charge on any atom is 0.121 e. The third kappa shape index (κ3) is 3.45. The van der Waals surface area contributed by atoms with Gasteiger partial charge in [-0.1, -0.05) is 11.6 Å². The molecule has 1 aromatic rings. The van der Waals surface area contributed by atoms with Crippen molar-refractivity contribution in [1.29, 1.82) is 0 Å². The van der Waals surface area contributed by atoms with Crippen LogP contribution in [-0.4, -0.2) is 43.9 Å². The fourth-order valence-corrected chi connectivity index (χ4v) is 2.24. The Morgan fingerprint density at radius 3 is 2.35 bits per heavy atom. The first-order valence-electron chi connectivity index (χ1n) is 5.96. The lowest BCUT2D eigenvalue weighted by molar-refractivity contribution is -0.108. The van der Waals surface area contributed by atoms with E-state index in [1.807, 2.05) is 12.1 Å². The molecule has 0 aromatic heterocycles. The molecular formula is C13H17ClN2O. The number of anilines is 1. The van der Waals surface area contributed by atoms with Crippen LogP contribution in [0, 0.1) is 0 Å². The number of rotatable bonds is 4. The molecule has 17 heavy (non-hydrogen) atoms. The smallest absolute Gasteiger partial charge is 0.121 e. The van der Waals surface area contributed by atoms with Gasteiger partial charge in [0.2, 0.25) is 0 Å². The van der Waals surface area contributed by atoms with Gasteiger partial charge in [0.15, 0.2) is 0 Å². The van der Waals surface area contributed by atoms with Gasteiger partial charge < -0.3 is 9.69 Å². The normalized spacial score (nSPS) is 17.1. The van der Waals surface area contributed by atoms with Crippen molar-refractivity contribution in [2.45, 2.75) is 6.42 Å². The van der Waals surface area contributed by atoms with Gasteiger partial charge in [-0.3, -0.25) is 4.90 Å². The Bertz CT molecular complexity index is 358. The molecule has 92 valence electrons. The molecule has 0 amide bonds. The number of nitrogens with zero attached hydrogens (tertiary/aromatic N) is 2. The first-order valence-corrected chi connectivity index (χ1v) is 6.34. The van der Waals surface area contributed by atoms with Gasteiger partial charge in [0.25, 0.3) is 0 Å². The number of aldehydes is 1. The van der Waals surface area contributed by atoms with Gasteiger partial charge >= 0.3 is 0 Å². The average Bonchev–Trinajstić information content (AvgIpc) is 2.38. The standard InChI is InChI=1S/C13H17ClN2O/c14-12-2-4-13(5-3-12)16-9-7-15(8-10-16)6-1-11-17/h2-5,11H,1,6-10H2. The summed E-state index contributed by atoms with van der Waals surface area (Å²) in [5.74, 6) is 0. The quantitative estimate of drug-likeness (QED) is 0.767. The monoisotopic (exact) mass is 252 g/mol. The largest absolute Gasteiger partial charge is 0.369 e. The summed E-state index contributed by atoms with van der Waals surface area (Å²) in [6, 6.07) is 7.97. The van der Waals surface area contributed by atoms with Gasteiger partial charge in [0.05, 0.1) is 0 Å². The van der Waals surface area contributed by atoms with E-state index in [9.17, 15) is 4.79 Å². The zero-order chi connectivity index (χ0) is 12.1. The van der Waals surface area contributed by atoms with Gasteiger partial charge in [-0.2, -0.15) is 0 Å². The summed E-state index contributed by atoms with van der Waals surface area (Å²) in [4.78, 5) is 15.0. The second-order valence-electron chi connectivity index (χ2n) is 4.26. The van der Waals surface area contributed by atoms with E-state index in [1.54, 1.807) is 0 Å². The van der Waals surface area contributed by atoms with Crippen molar-refractivity contribution in [1.82, 2.24) is 4.90 Å². The molecular weight excluding hydrogens is 236 g/mol. The molecule has 1 saturated heterocycles. The number of hydrogen-bond acceptors (Lipinski definition) is 3. The molecule has 0 unspecified atom stereocenters. The summed E-state index contributed by atoms with van der Waals surface area (Å²) < 4.78 is 0. The zero-order valence-electron chi connectivity index (χ0n) is 9.81. The van der Waals surface area contributed by atoms with Crippen LogP contribution in [-0.2, 0) is 4.79 Å². The highest BCUT2D eigenvalue weighted by Gasteiger charge is 2.16. The van der Waals surface area contributed by atoms with Crippen LogP contribution in [0.1, 0.15) is 6.42 Å². The molecule has 4 heteroatoms. The summed E-state index contributed by atoms with van der Waals surface area (Å²) in [6.07, 6.45) is 1.63. The zero-order valence-corrected chi connectivity index (χ0v) is 10.6. The van der Waals surface area contributed by atoms with Crippen LogP contribution in [0.4, 0.5) is 5.69 Å². The highest BCUT2D eigenvalue weighted by atomic mass is 35.5. The lowest BCUT2D eigenvalue weighted by Gasteiger charge is -2.35. The van der Waals surface area contributed by atoms with E-state index in [4.69, 9.17) is 11.6 Å². The maximum atomic E-state index is 10.3. The summed E-state index contributed by atoms with van der Waals surface area (Å²) in [5.41, 5.74) is 1.23. The highest BCUT2D eigenvalue weighted by molar-refractivity contribution is 6.30. The molecule has 0 spiro atoms. The number of piperazine rings is 1. The molecule has 0 aliphatic carbocycles. The van der Waals surface area contributed by atoms with Crippen LogP contribution in [0.2, 0.25) is 5.02 Å². The van der Waals surface area contributed by atoms with Crippen LogP contribution >= 0.6 is 11.6 Å². The minimum Gasteiger partial charge on any atom is -0.369 e. The van der Waals surface area contributed by atoms with Gasteiger partial charge in [0.1, 0.15) is 6.29 Å². The minimum atomic E-state index is 0.640. The number of carbonyl (C=O) groups is 1. The van der Waals surface area contributed by atoms with Crippen LogP contribution in [0.5, 0.6) is 0 Å². The summed E-state index contributed by atoms with van der Waals surface area (Å²) >= 11 is 5.87. The molecule has 0 bridgehead atoms. The molecule has 1 heterocycles. The SMILES string of the molecule is O=CCCN1CCN(c2ccc(Cl)cc2)CC1. The van der Waals surface area contributed by atoms with Crippen molar-refractivity contribution >= 4 is 23.6 Å². The van der Waals surface area contributed by atoms with Gasteiger partial charge in [-0.15, -0.1) is 0 Å². The fourth-order valence-electron chi connectivity index (χ4n) is 2.12. The Morgan fingerprint density at radius 1 is 1.12 bits per heavy atom. The molecule has 0 N–H and O–H groups in total. The van der Waals surface area contributed by atoms with E-state index < -0.39 is 0 Å². The van der Waals surface area contributed by atoms with E-state index >= 15 is 0 Å². The Morgan fingerprint density at radius 2 is 1.76 bits per heavy atom. The number of hydrogen-bond donors (Lipinski definition) is 0. The van der Waals surface area contributed by atoms with E-state index in [2.05, 4.69) is 21.9 Å². The van der Waals surface area contributed by atoms with Crippen molar-refractivity contribution < 1.29 is 4.79 Å². The first-order chi connectivity index (χ1) is 8.29. The van der Waals surface area contributed by atoms with Crippen molar-refractivity contribution in [2.75, 3.05) is 37.6 Å². The number of halogens is 1. The predicted molar refractivity (Wildman–Crippen MR) is 70.8 cm³/mol. The molecule has 1 aromatic carbocycles. The molecule has 0 saturated carbocycles. The Labute approximate surface area is 107 Å². The lowest BCUT2D eigenvalue weighted by atomic mass is 10.2. The summed E-state index contributed by atoms with van der Waals surface area (Å²) in [7, 11) is 0. The van der Waals surface area contributed by atoms with Crippen molar-refractivity contribution in [2.24, 2.45) is 0 Å². The number of benzene rings is 1. The third-order valence-corrected chi connectivity index (χ3v) is 3.38. The second kappa shape index (κ2) is 6.03. The molecule has 2 rings (SSSR count). The highest BCUT2D eigenvalue weighted by Crippen LogP contribution is 2.19. The fraction of sp³-hybridized carbons (Fsp3) is 0.462. The Hall–Kier alpha value is -1.06. The summed E-state index contributed by atoms with van der Waals surface area (Å²) in [5, 5.41) is 0.776. The van der Waals surface area contributed by atoms with E-state index in [0.29, 0.717) is 6.42 Å². The Kier molecular flexibility index (Phi) is 4.40. The lowest BCUT2D eigenvalue weighted by Crippen LogP contribution is -2.46. The summed E-state index contributed by atoms with van der Waals surface area (Å²) in [6.45, 7) is 4.96. The molecule has 1 aliphatic rings. The predicted octanol–water partition coefficient (Wildman–Crippen LogP) is 2.05. The van der Waals surface area contributed by atoms with E-state index in [1.165, 1.54) is 5.69 Å². The van der Waals surface area contributed by atoms with Crippen LogP contribution in [0.3, 0.4) is 0 Å². The average molecular weight is 253 g/mol. The van der Waals surface area contributed by atoms with Crippen LogP contribution < -0.4 is 4.90 Å². The molecule has 3 nitrogen and oxygen atoms in total. The van der Waals surface area contributed by atoms with E-state index in [0.717, 1.165) is 44.0 Å². The van der Waals surface area contributed by atoms with Crippen molar-refractivity contribution in [3.8, 4) is 0 Å². The van der Waals surface area contributed by atoms with Gasteiger partial charge in [-0.05, 0) is 24.3 Å².